The third-order valence-corrected chi connectivity index (χ3v) is 5.14. The van der Waals surface area contributed by atoms with Gasteiger partial charge < -0.3 is 4.90 Å². The van der Waals surface area contributed by atoms with E-state index >= 15 is 0 Å². The predicted molar refractivity (Wildman–Crippen MR) is 116 cm³/mol. The summed E-state index contributed by atoms with van der Waals surface area (Å²) in [6.45, 7) is 3.32. The first-order valence-corrected chi connectivity index (χ1v) is 10.2. The Bertz CT molecular complexity index is 821. The average molecular weight is 392 g/mol. The van der Waals surface area contributed by atoms with Crippen LogP contribution in [-0.2, 0) is 17.9 Å². The van der Waals surface area contributed by atoms with Gasteiger partial charge in [-0.3, -0.25) is 4.79 Å². The van der Waals surface area contributed by atoms with E-state index in [1.807, 2.05) is 65.6 Å². The van der Waals surface area contributed by atoms with Gasteiger partial charge in [0.05, 0.1) is 5.92 Å². The first-order chi connectivity index (χ1) is 13.7. The number of benzene rings is 3. The summed E-state index contributed by atoms with van der Waals surface area (Å²) >= 11 is 6.05. The second-order valence-electron chi connectivity index (χ2n) is 7.06. The maximum atomic E-state index is 13.6. The predicted octanol–water partition coefficient (Wildman–Crippen LogP) is 6.45. The molecule has 0 saturated carbocycles. The van der Waals surface area contributed by atoms with E-state index in [2.05, 4.69) is 31.2 Å². The van der Waals surface area contributed by atoms with Gasteiger partial charge in [0.15, 0.2) is 0 Å². The number of rotatable bonds is 8. The first-order valence-electron chi connectivity index (χ1n) is 9.79. The molecule has 1 unspecified atom stereocenters. The molecule has 0 N–H and O–H groups in total. The van der Waals surface area contributed by atoms with E-state index in [0.717, 1.165) is 29.5 Å². The summed E-state index contributed by atoms with van der Waals surface area (Å²) in [6.07, 6.45) is 1.77. The molecule has 0 radical (unpaired) electrons. The lowest BCUT2D eigenvalue weighted by Crippen LogP contribution is -2.34. The lowest BCUT2D eigenvalue weighted by atomic mass is 9.92. The quantitative estimate of drug-likeness (QED) is 0.432. The summed E-state index contributed by atoms with van der Waals surface area (Å²) in [5.41, 5.74) is 3.30. The average Bonchev–Trinajstić information content (AvgIpc) is 2.73. The Hall–Kier alpha value is -2.58. The van der Waals surface area contributed by atoms with Crippen LogP contribution in [-0.4, -0.2) is 10.8 Å². The minimum atomic E-state index is -0.158. The van der Waals surface area contributed by atoms with Crippen molar-refractivity contribution in [3.05, 3.63) is 107 Å². The van der Waals surface area contributed by atoms with Crippen molar-refractivity contribution in [3.8, 4) is 0 Å². The number of amides is 1. The van der Waals surface area contributed by atoms with Gasteiger partial charge >= 0.3 is 0 Å². The SMILES string of the molecule is CCCC(C(=O)N(Cc1ccccc1)Cc1ccccc1)c1ccc(Cl)cc1. The monoisotopic (exact) mass is 391 g/mol. The highest BCUT2D eigenvalue weighted by molar-refractivity contribution is 6.30. The van der Waals surface area contributed by atoms with Crippen molar-refractivity contribution in [2.24, 2.45) is 0 Å². The van der Waals surface area contributed by atoms with E-state index in [-0.39, 0.29) is 11.8 Å². The molecule has 0 heterocycles. The van der Waals surface area contributed by atoms with Crippen LogP contribution in [0.3, 0.4) is 0 Å². The Morgan fingerprint density at radius 1 is 0.821 bits per heavy atom. The number of carbonyl (C=O) groups is 1. The third-order valence-electron chi connectivity index (χ3n) is 4.89. The van der Waals surface area contributed by atoms with Gasteiger partial charge in [0.25, 0.3) is 0 Å². The maximum Gasteiger partial charge on any atom is 0.230 e. The molecule has 0 fully saturated rings. The molecule has 0 saturated heterocycles. The number of carbonyl (C=O) groups excluding carboxylic acids is 1. The van der Waals surface area contributed by atoms with Gasteiger partial charge in [-0.1, -0.05) is 97.7 Å². The Kier molecular flexibility index (Phi) is 7.27. The van der Waals surface area contributed by atoms with Crippen LogP contribution in [0.2, 0.25) is 5.02 Å². The standard InChI is InChI=1S/C25H26ClNO/c1-2-9-24(22-14-16-23(26)17-15-22)25(28)27(18-20-10-5-3-6-11-20)19-21-12-7-4-8-13-21/h3-8,10-17,24H,2,9,18-19H2,1H3. The fraction of sp³-hybridized carbons (Fsp3) is 0.240. The summed E-state index contributed by atoms with van der Waals surface area (Å²) in [6, 6.07) is 28.0. The molecular weight excluding hydrogens is 366 g/mol. The van der Waals surface area contributed by atoms with Crippen LogP contribution in [0.4, 0.5) is 0 Å². The molecule has 0 spiro atoms. The van der Waals surface area contributed by atoms with Crippen molar-refractivity contribution < 1.29 is 4.79 Å². The van der Waals surface area contributed by atoms with Gasteiger partial charge in [0.1, 0.15) is 0 Å². The second-order valence-corrected chi connectivity index (χ2v) is 7.49. The fourth-order valence-electron chi connectivity index (χ4n) is 3.46. The highest BCUT2D eigenvalue weighted by Gasteiger charge is 2.25. The van der Waals surface area contributed by atoms with Crippen LogP contribution >= 0.6 is 11.6 Å². The van der Waals surface area contributed by atoms with E-state index < -0.39 is 0 Å². The van der Waals surface area contributed by atoms with Gasteiger partial charge in [-0.2, -0.15) is 0 Å². The molecule has 0 aliphatic rings. The van der Waals surface area contributed by atoms with Gasteiger partial charge in [-0.15, -0.1) is 0 Å². The number of hydrogen-bond donors (Lipinski definition) is 0. The summed E-state index contributed by atoms with van der Waals surface area (Å²) in [4.78, 5) is 15.6. The Morgan fingerprint density at radius 2 is 1.32 bits per heavy atom. The minimum absolute atomic E-state index is 0.158. The Labute approximate surface area is 172 Å². The van der Waals surface area contributed by atoms with Gasteiger partial charge in [0.2, 0.25) is 5.91 Å². The largest absolute Gasteiger partial charge is 0.334 e. The number of nitrogens with zero attached hydrogens (tertiary/aromatic N) is 1. The van der Waals surface area contributed by atoms with E-state index in [9.17, 15) is 4.79 Å². The zero-order valence-electron chi connectivity index (χ0n) is 16.2. The summed E-state index contributed by atoms with van der Waals surface area (Å²) < 4.78 is 0. The molecule has 1 amide bonds. The van der Waals surface area contributed by atoms with Crippen molar-refractivity contribution in [3.63, 3.8) is 0 Å². The molecule has 0 bridgehead atoms. The van der Waals surface area contributed by atoms with Gasteiger partial charge in [-0.05, 0) is 35.2 Å². The lowest BCUT2D eigenvalue weighted by molar-refractivity contribution is -0.134. The molecular formula is C25H26ClNO. The third kappa shape index (κ3) is 5.46. The van der Waals surface area contributed by atoms with Crippen LogP contribution in [0.5, 0.6) is 0 Å². The highest BCUT2D eigenvalue weighted by Crippen LogP contribution is 2.27. The highest BCUT2D eigenvalue weighted by atomic mass is 35.5. The summed E-state index contributed by atoms with van der Waals surface area (Å²) in [5.74, 6) is 0.00608. The second kappa shape index (κ2) is 10.1. The molecule has 0 aromatic heterocycles. The van der Waals surface area contributed by atoms with Crippen LogP contribution in [0, 0.1) is 0 Å². The topological polar surface area (TPSA) is 20.3 Å². The zero-order valence-corrected chi connectivity index (χ0v) is 17.0. The molecule has 3 rings (SSSR count). The summed E-state index contributed by atoms with van der Waals surface area (Å²) in [7, 11) is 0. The molecule has 0 aliphatic carbocycles. The van der Waals surface area contributed by atoms with Gasteiger partial charge in [-0.25, -0.2) is 0 Å². The molecule has 28 heavy (non-hydrogen) atoms. The van der Waals surface area contributed by atoms with Crippen LogP contribution in [0.15, 0.2) is 84.9 Å². The number of hydrogen-bond acceptors (Lipinski definition) is 1. The summed E-state index contributed by atoms with van der Waals surface area (Å²) in [5, 5.41) is 0.692. The van der Waals surface area contributed by atoms with Gasteiger partial charge in [0, 0.05) is 18.1 Å². The van der Waals surface area contributed by atoms with E-state index in [4.69, 9.17) is 11.6 Å². The maximum absolute atomic E-state index is 13.6. The molecule has 3 aromatic rings. The van der Waals surface area contributed by atoms with E-state index in [1.165, 1.54) is 0 Å². The van der Waals surface area contributed by atoms with Crippen molar-refractivity contribution >= 4 is 17.5 Å². The van der Waals surface area contributed by atoms with Crippen molar-refractivity contribution in [2.45, 2.75) is 38.8 Å². The minimum Gasteiger partial charge on any atom is -0.334 e. The van der Waals surface area contributed by atoms with Crippen LogP contribution < -0.4 is 0 Å². The molecule has 3 aromatic carbocycles. The van der Waals surface area contributed by atoms with Crippen molar-refractivity contribution in [1.29, 1.82) is 0 Å². The number of halogens is 1. The molecule has 3 heteroatoms. The zero-order chi connectivity index (χ0) is 19.8. The van der Waals surface area contributed by atoms with Crippen LogP contribution in [0.1, 0.15) is 42.4 Å². The van der Waals surface area contributed by atoms with Crippen molar-refractivity contribution in [1.82, 2.24) is 4.90 Å². The molecule has 0 aliphatic heterocycles. The fourth-order valence-corrected chi connectivity index (χ4v) is 3.58. The lowest BCUT2D eigenvalue weighted by Gasteiger charge is -2.28. The molecule has 144 valence electrons. The first kappa shape index (κ1) is 20.2. The molecule has 1 atom stereocenters. The Morgan fingerprint density at radius 3 is 1.79 bits per heavy atom. The van der Waals surface area contributed by atoms with E-state index in [1.54, 1.807) is 0 Å². The van der Waals surface area contributed by atoms with Crippen molar-refractivity contribution in [2.75, 3.05) is 0 Å². The normalized spacial score (nSPS) is 11.8. The Balaban J connectivity index is 1.89. The molecule has 2 nitrogen and oxygen atoms in total. The van der Waals surface area contributed by atoms with E-state index in [0.29, 0.717) is 18.1 Å². The smallest absolute Gasteiger partial charge is 0.230 e. The van der Waals surface area contributed by atoms with Crippen LogP contribution in [0.25, 0.3) is 0 Å².